The van der Waals surface area contributed by atoms with E-state index >= 15 is 0 Å². The first-order valence-electron chi connectivity index (χ1n) is 13.6. The molecule has 9 nitrogen and oxygen atoms in total. The van der Waals surface area contributed by atoms with Gasteiger partial charge in [-0.2, -0.15) is 26.3 Å². The van der Waals surface area contributed by atoms with Crippen LogP contribution < -0.4 is 19.9 Å². The maximum atomic E-state index is 13.3. The minimum atomic E-state index is -4.84. The van der Waals surface area contributed by atoms with Crippen molar-refractivity contribution in [3.05, 3.63) is 76.1 Å². The first-order chi connectivity index (χ1) is 20.4. The summed E-state index contributed by atoms with van der Waals surface area (Å²) >= 11 is 0. The highest BCUT2D eigenvalue weighted by Gasteiger charge is 2.38. The third-order valence-corrected chi connectivity index (χ3v) is 7.56. The van der Waals surface area contributed by atoms with Gasteiger partial charge in [0, 0.05) is 62.4 Å². The van der Waals surface area contributed by atoms with E-state index in [0.717, 1.165) is 30.5 Å². The van der Waals surface area contributed by atoms with Crippen LogP contribution in [0.5, 0.6) is 5.75 Å². The molecule has 15 heteroatoms. The van der Waals surface area contributed by atoms with E-state index in [1.54, 1.807) is 17.2 Å². The lowest BCUT2D eigenvalue weighted by atomic mass is 9.92. The topological polar surface area (TPSA) is 96.7 Å². The molecule has 5 rings (SSSR count). The zero-order chi connectivity index (χ0) is 30.8. The highest BCUT2D eigenvalue weighted by molar-refractivity contribution is 5.55. The summed E-state index contributed by atoms with van der Waals surface area (Å²) in [5.74, 6) is 1.58. The largest absolute Gasteiger partial charge is 0.490 e. The van der Waals surface area contributed by atoms with Crippen LogP contribution in [0.15, 0.2) is 54.9 Å². The molecular weight excluding hydrogens is 582 g/mol. The number of nitro benzene ring substituents is 1. The quantitative estimate of drug-likeness (QED) is 0.183. The van der Waals surface area contributed by atoms with Crippen molar-refractivity contribution in [2.45, 2.75) is 50.2 Å². The monoisotopic (exact) mass is 610 g/mol. The fourth-order valence-corrected chi connectivity index (χ4v) is 5.34. The summed E-state index contributed by atoms with van der Waals surface area (Å²) in [4.78, 5) is 22.3. The standard InChI is InChI=1S/C28H28F6N6O3/c29-27(30,31)18-7-9-35-25(15-18)38-11-13-39(14-12-38)26-17-22(8-10-36-26)43-21-4-1-19(2-5-21)37-20-3-6-24(40(41)42)23(16-20)28(32,33)34/h3,6-10,15-17,19,21,37H,1-2,4-5,11-14H2. The molecule has 0 unspecified atom stereocenters. The van der Waals surface area contributed by atoms with E-state index in [1.807, 2.05) is 11.0 Å². The molecule has 2 aliphatic rings. The van der Waals surface area contributed by atoms with Crippen LogP contribution in [0.2, 0.25) is 0 Å². The normalized spacial score (nSPS) is 19.7. The molecule has 2 fully saturated rings. The van der Waals surface area contributed by atoms with Gasteiger partial charge in [0.1, 0.15) is 22.9 Å². The van der Waals surface area contributed by atoms with Crippen molar-refractivity contribution in [3.63, 3.8) is 0 Å². The Hall–Kier alpha value is -4.30. The lowest BCUT2D eigenvalue weighted by Gasteiger charge is -2.36. The number of piperazine rings is 1. The number of pyridine rings is 2. The van der Waals surface area contributed by atoms with Crippen LogP contribution in [0.1, 0.15) is 36.8 Å². The summed E-state index contributed by atoms with van der Waals surface area (Å²) in [5, 5.41) is 14.1. The minimum absolute atomic E-state index is 0.111. The highest BCUT2D eigenvalue weighted by atomic mass is 19.4. The van der Waals surface area contributed by atoms with E-state index in [0.29, 0.717) is 63.4 Å². The molecule has 43 heavy (non-hydrogen) atoms. The molecule has 1 aliphatic carbocycles. The molecule has 0 bridgehead atoms. The summed E-state index contributed by atoms with van der Waals surface area (Å²) in [6.07, 6.45) is -4.04. The fraction of sp³-hybridized carbons (Fsp3) is 0.429. The summed E-state index contributed by atoms with van der Waals surface area (Å²) in [5.41, 5.74) is -2.84. The fourth-order valence-electron chi connectivity index (χ4n) is 5.34. The Morgan fingerprint density at radius 2 is 1.42 bits per heavy atom. The predicted octanol–water partition coefficient (Wildman–Crippen LogP) is 6.55. The Kier molecular flexibility index (Phi) is 8.51. The Balaban J connectivity index is 1.13. The number of halogens is 6. The number of nitro groups is 1. The molecule has 0 amide bonds. The molecule has 1 N–H and O–H groups in total. The molecule has 1 saturated carbocycles. The molecule has 0 atom stereocenters. The van der Waals surface area contributed by atoms with E-state index < -0.39 is 34.1 Å². The number of aromatic nitrogens is 2. The number of hydrogen-bond donors (Lipinski definition) is 1. The van der Waals surface area contributed by atoms with Crippen LogP contribution >= 0.6 is 0 Å². The smallest absolute Gasteiger partial charge is 0.423 e. The Morgan fingerprint density at radius 3 is 2.00 bits per heavy atom. The van der Waals surface area contributed by atoms with E-state index in [9.17, 15) is 36.5 Å². The second kappa shape index (κ2) is 12.1. The molecule has 2 aromatic heterocycles. The summed E-state index contributed by atoms with van der Waals surface area (Å²) < 4.78 is 85.4. The molecule has 230 valence electrons. The van der Waals surface area contributed by atoms with Gasteiger partial charge >= 0.3 is 12.4 Å². The summed E-state index contributed by atoms with van der Waals surface area (Å²) in [6, 6.07) is 8.37. The second-order valence-electron chi connectivity index (χ2n) is 10.4. The van der Waals surface area contributed by atoms with Gasteiger partial charge in [0.05, 0.1) is 16.6 Å². The Labute approximate surface area is 242 Å². The Bertz CT molecular complexity index is 1440. The van der Waals surface area contributed by atoms with E-state index in [2.05, 4.69) is 15.3 Å². The highest BCUT2D eigenvalue weighted by Crippen LogP contribution is 2.38. The van der Waals surface area contributed by atoms with Crippen molar-refractivity contribution >= 4 is 23.0 Å². The van der Waals surface area contributed by atoms with Crippen molar-refractivity contribution in [1.82, 2.24) is 9.97 Å². The van der Waals surface area contributed by atoms with Crippen LogP contribution in [-0.4, -0.2) is 53.2 Å². The van der Waals surface area contributed by atoms with Gasteiger partial charge in [0.15, 0.2) is 0 Å². The molecule has 0 radical (unpaired) electrons. The molecule has 3 aromatic rings. The number of anilines is 3. The molecule has 1 aliphatic heterocycles. The zero-order valence-electron chi connectivity index (χ0n) is 22.7. The lowest BCUT2D eigenvalue weighted by molar-refractivity contribution is -0.388. The Morgan fingerprint density at radius 1 is 0.814 bits per heavy atom. The van der Waals surface area contributed by atoms with E-state index in [4.69, 9.17) is 4.74 Å². The van der Waals surface area contributed by atoms with Gasteiger partial charge in [-0.05, 0) is 56.0 Å². The van der Waals surface area contributed by atoms with Gasteiger partial charge in [0.25, 0.3) is 5.69 Å². The van der Waals surface area contributed by atoms with Crippen LogP contribution in [0, 0.1) is 10.1 Å². The van der Waals surface area contributed by atoms with E-state index in [1.165, 1.54) is 6.07 Å². The molecule has 0 spiro atoms. The van der Waals surface area contributed by atoms with Gasteiger partial charge in [-0.3, -0.25) is 10.1 Å². The van der Waals surface area contributed by atoms with Crippen molar-refractivity contribution in [2.75, 3.05) is 41.3 Å². The maximum Gasteiger partial charge on any atom is 0.423 e. The lowest BCUT2D eigenvalue weighted by Crippen LogP contribution is -2.47. The first kappa shape index (κ1) is 30.2. The van der Waals surface area contributed by atoms with Crippen molar-refractivity contribution in [3.8, 4) is 5.75 Å². The third kappa shape index (κ3) is 7.38. The average Bonchev–Trinajstić information content (AvgIpc) is 2.97. The second-order valence-corrected chi connectivity index (χ2v) is 10.4. The van der Waals surface area contributed by atoms with E-state index in [-0.39, 0.29) is 23.7 Å². The van der Waals surface area contributed by atoms with Gasteiger partial charge in [-0.25, -0.2) is 9.97 Å². The van der Waals surface area contributed by atoms with Crippen molar-refractivity contribution < 1.29 is 36.0 Å². The number of hydrogen-bond acceptors (Lipinski definition) is 8. The maximum absolute atomic E-state index is 13.3. The molecule has 1 aromatic carbocycles. The SMILES string of the molecule is O=[N+]([O-])c1ccc(NC2CCC(Oc3ccnc(N4CCN(c5cc(C(F)(F)F)ccn5)CC4)c3)CC2)cc1C(F)(F)F. The van der Waals surface area contributed by atoms with Crippen LogP contribution in [0.25, 0.3) is 0 Å². The summed E-state index contributed by atoms with van der Waals surface area (Å²) in [7, 11) is 0. The van der Waals surface area contributed by atoms with Crippen LogP contribution in [-0.2, 0) is 12.4 Å². The number of ether oxygens (including phenoxy) is 1. The number of benzene rings is 1. The van der Waals surface area contributed by atoms with Crippen molar-refractivity contribution in [2.24, 2.45) is 0 Å². The minimum Gasteiger partial charge on any atom is -0.490 e. The number of nitrogens with one attached hydrogen (secondary N) is 1. The van der Waals surface area contributed by atoms with Gasteiger partial charge < -0.3 is 19.9 Å². The molecular formula is C28H28F6N6O3. The molecule has 1 saturated heterocycles. The predicted molar refractivity (Wildman–Crippen MR) is 146 cm³/mol. The average molecular weight is 611 g/mol. The van der Waals surface area contributed by atoms with Crippen molar-refractivity contribution in [1.29, 1.82) is 0 Å². The number of rotatable bonds is 7. The third-order valence-electron chi connectivity index (χ3n) is 7.56. The van der Waals surface area contributed by atoms with Gasteiger partial charge in [-0.1, -0.05) is 0 Å². The summed E-state index contributed by atoms with van der Waals surface area (Å²) in [6.45, 7) is 2.00. The van der Waals surface area contributed by atoms with Gasteiger partial charge in [-0.15, -0.1) is 0 Å². The van der Waals surface area contributed by atoms with Crippen LogP contribution in [0.4, 0.5) is 49.4 Å². The number of alkyl halides is 6. The number of nitrogens with zero attached hydrogens (tertiary/aromatic N) is 5. The first-order valence-corrected chi connectivity index (χ1v) is 13.6. The van der Waals surface area contributed by atoms with Crippen LogP contribution in [0.3, 0.4) is 0 Å². The molecule has 3 heterocycles. The zero-order valence-corrected chi connectivity index (χ0v) is 22.7. The van der Waals surface area contributed by atoms with Gasteiger partial charge in [0.2, 0.25) is 0 Å².